The maximum atomic E-state index is 12.9. The Labute approximate surface area is 135 Å². The zero-order valence-electron chi connectivity index (χ0n) is 12.4. The molecular formula is C17H20ClN3O. The van der Waals surface area contributed by atoms with Crippen molar-refractivity contribution in [3.05, 3.63) is 53.1 Å². The summed E-state index contributed by atoms with van der Waals surface area (Å²) in [4.78, 5) is 20.1. The SMILES string of the molecule is O=C(NCc1ncc[nH]1)C1(c2cccc(Cl)c2)CCCCC1. The topological polar surface area (TPSA) is 57.8 Å². The first-order valence-electron chi connectivity index (χ1n) is 7.73. The van der Waals surface area contributed by atoms with Crippen molar-refractivity contribution in [2.75, 3.05) is 0 Å². The van der Waals surface area contributed by atoms with Crippen molar-refractivity contribution in [3.8, 4) is 0 Å². The van der Waals surface area contributed by atoms with Crippen molar-refractivity contribution >= 4 is 17.5 Å². The van der Waals surface area contributed by atoms with E-state index in [0.29, 0.717) is 11.6 Å². The molecular weight excluding hydrogens is 298 g/mol. The van der Waals surface area contributed by atoms with Crippen LogP contribution in [0, 0.1) is 0 Å². The van der Waals surface area contributed by atoms with Crippen LogP contribution in [-0.2, 0) is 16.8 Å². The minimum atomic E-state index is -0.463. The van der Waals surface area contributed by atoms with E-state index in [9.17, 15) is 4.79 Å². The molecule has 1 heterocycles. The quantitative estimate of drug-likeness (QED) is 0.905. The van der Waals surface area contributed by atoms with E-state index in [1.165, 1.54) is 6.42 Å². The van der Waals surface area contributed by atoms with Crippen LogP contribution in [-0.4, -0.2) is 15.9 Å². The second kappa shape index (κ2) is 6.53. The number of carbonyl (C=O) groups is 1. The molecule has 0 radical (unpaired) electrons. The standard InChI is InChI=1S/C17H20ClN3O/c18-14-6-4-5-13(11-14)17(7-2-1-3-8-17)16(22)21-12-15-19-9-10-20-15/h4-6,9-11H,1-3,7-8,12H2,(H,19,20)(H,21,22). The molecule has 3 rings (SSSR count). The summed E-state index contributed by atoms with van der Waals surface area (Å²) in [6, 6.07) is 7.72. The Bertz CT molecular complexity index is 633. The third-order valence-corrected chi connectivity index (χ3v) is 4.73. The number of imidazole rings is 1. The number of amides is 1. The number of benzene rings is 1. The molecule has 1 fully saturated rings. The van der Waals surface area contributed by atoms with Crippen molar-refractivity contribution in [1.29, 1.82) is 0 Å². The van der Waals surface area contributed by atoms with Gasteiger partial charge in [-0.05, 0) is 30.5 Å². The normalized spacial score (nSPS) is 17.1. The molecule has 1 aromatic heterocycles. The number of hydrogen-bond donors (Lipinski definition) is 2. The first kappa shape index (κ1) is 15.1. The number of carbonyl (C=O) groups excluding carboxylic acids is 1. The molecule has 5 heteroatoms. The van der Waals surface area contributed by atoms with Crippen LogP contribution in [0.25, 0.3) is 0 Å². The van der Waals surface area contributed by atoms with Gasteiger partial charge in [0.15, 0.2) is 0 Å². The Morgan fingerprint density at radius 2 is 2.14 bits per heavy atom. The van der Waals surface area contributed by atoms with E-state index in [0.717, 1.165) is 37.1 Å². The fourth-order valence-corrected chi connectivity index (χ4v) is 3.51. The van der Waals surface area contributed by atoms with Crippen LogP contribution in [0.5, 0.6) is 0 Å². The smallest absolute Gasteiger partial charge is 0.231 e. The number of nitrogens with one attached hydrogen (secondary N) is 2. The summed E-state index contributed by atoms with van der Waals surface area (Å²) in [6.45, 7) is 0.425. The van der Waals surface area contributed by atoms with E-state index in [-0.39, 0.29) is 5.91 Å². The number of halogens is 1. The Morgan fingerprint density at radius 3 is 2.82 bits per heavy atom. The second-order valence-corrected chi connectivity index (χ2v) is 6.31. The predicted molar refractivity (Wildman–Crippen MR) is 86.6 cm³/mol. The summed E-state index contributed by atoms with van der Waals surface area (Å²) in [5.74, 6) is 0.844. The fraction of sp³-hybridized carbons (Fsp3) is 0.412. The molecule has 1 saturated carbocycles. The molecule has 2 aromatic rings. The van der Waals surface area contributed by atoms with Gasteiger partial charge in [-0.3, -0.25) is 4.79 Å². The highest BCUT2D eigenvalue weighted by atomic mass is 35.5. The summed E-state index contributed by atoms with van der Waals surface area (Å²) in [6.07, 6.45) is 8.52. The lowest BCUT2D eigenvalue weighted by Gasteiger charge is -2.36. The van der Waals surface area contributed by atoms with Crippen molar-refractivity contribution in [2.24, 2.45) is 0 Å². The van der Waals surface area contributed by atoms with Gasteiger partial charge < -0.3 is 10.3 Å². The largest absolute Gasteiger partial charge is 0.348 e. The minimum Gasteiger partial charge on any atom is -0.348 e. The lowest BCUT2D eigenvalue weighted by molar-refractivity contribution is -0.128. The van der Waals surface area contributed by atoms with E-state index >= 15 is 0 Å². The number of aromatic nitrogens is 2. The van der Waals surface area contributed by atoms with E-state index in [1.807, 2.05) is 24.3 Å². The summed E-state index contributed by atoms with van der Waals surface area (Å²) >= 11 is 6.14. The maximum absolute atomic E-state index is 12.9. The Balaban J connectivity index is 1.83. The molecule has 0 atom stereocenters. The average Bonchev–Trinajstić information content (AvgIpc) is 3.06. The number of hydrogen-bond acceptors (Lipinski definition) is 2. The van der Waals surface area contributed by atoms with Gasteiger partial charge in [0, 0.05) is 17.4 Å². The van der Waals surface area contributed by atoms with Crippen molar-refractivity contribution < 1.29 is 4.79 Å². The van der Waals surface area contributed by atoms with Crippen molar-refractivity contribution in [1.82, 2.24) is 15.3 Å². The average molecular weight is 318 g/mol. The van der Waals surface area contributed by atoms with Crippen LogP contribution in [0.15, 0.2) is 36.7 Å². The van der Waals surface area contributed by atoms with Crippen LogP contribution >= 0.6 is 11.6 Å². The van der Waals surface area contributed by atoms with Gasteiger partial charge in [-0.15, -0.1) is 0 Å². The lowest BCUT2D eigenvalue weighted by Crippen LogP contribution is -2.45. The summed E-state index contributed by atoms with van der Waals surface area (Å²) in [7, 11) is 0. The van der Waals surface area contributed by atoms with E-state index in [2.05, 4.69) is 15.3 Å². The number of nitrogens with zero attached hydrogens (tertiary/aromatic N) is 1. The van der Waals surface area contributed by atoms with Gasteiger partial charge in [0.05, 0.1) is 12.0 Å². The third kappa shape index (κ3) is 3.02. The maximum Gasteiger partial charge on any atom is 0.231 e. The molecule has 1 amide bonds. The first-order chi connectivity index (χ1) is 10.7. The molecule has 22 heavy (non-hydrogen) atoms. The number of rotatable bonds is 4. The molecule has 0 aliphatic heterocycles. The van der Waals surface area contributed by atoms with Gasteiger partial charge in [-0.2, -0.15) is 0 Å². The van der Waals surface area contributed by atoms with Gasteiger partial charge in [-0.25, -0.2) is 4.98 Å². The Hall–Kier alpha value is -1.81. The fourth-order valence-electron chi connectivity index (χ4n) is 3.32. The lowest BCUT2D eigenvalue weighted by atomic mass is 9.68. The molecule has 0 unspecified atom stereocenters. The van der Waals surface area contributed by atoms with Crippen molar-refractivity contribution in [3.63, 3.8) is 0 Å². The van der Waals surface area contributed by atoms with Crippen LogP contribution in [0.4, 0.5) is 0 Å². The Kier molecular flexibility index (Phi) is 4.48. The third-order valence-electron chi connectivity index (χ3n) is 4.49. The second-order valence-electron chi connectivity index (χ2n) is 5.87. The predicted octanol–water partition coefficient (Wildman–Crippen LogP) is 3.58. The van der Waals surface area contributed by atoms with E-state index in [1.54, 1.807) is 12.4 Å². The summed E-state index contributed by atoms with van der Waals surface area (Å²) in [5.41, 5.74) is 0.562. The van der Waals surface area contributed by atoms with E-state index < -0.39 is 5.41 Å². The molecule has 0 bridgehead atoms. The van der Waals surface area contributed by atoms with Gasteiger partial charge in [0.1, 0.15) is 5.82 Å². The molecule has 2 N–H and O–H groups in total. The van der Waals surface area contributed by atoms with Gasteiger partial charge in [0.25, 0.3) is 0 Å². The number of aromatic amines is 1. The number of H-pyrrole nitrogens is 1. The molecule has 1 aromatic carbocycles. The van der Waals surface area contributed by atoms with Crippen LogP contribution in [0.2, 0.25) is 5.02 Å². The monoisotopic (exact) mass is 317 g/mol. The summed E-state index contributed by atoms with van der Waals surface area (Å²) < 4.78 is 0. The van der Waals surface area contributed by atoms with Gasteiger partial charge >= 0.3 is 0 Å². The molecule has 1 aliphatic carbocycles. The molecule has 1 aliphatic rings. The van der Waals surface area contributed by atoms with Crippen LogP contribution < -0.4 is 5.32 Å². The molecule has 116 valence electrons. The summed E-state index contributed by atoms with van der Waals surface area (Å²) in [5, 5.41) is 3.72. The van der Waals surface area contributed by atoms with E-state index in [4.69, 9.17) is 11.6 Å². The molecule has 0 spiro atoms. The Morgan fingerprint density at radius 1 is 1.32 bits per heavy atom. The van der Waals surface area contributed by atoms with Crippen molar-refractivity contribution in [2.45, 2.75) is 44.1 Å². The van der Waals surface area contributed by atoms with Crippen LogP contribution in [0.3, 0.4) is 0 Å². The highest BCUT2D eigenvalue weighted by Gasteiger charge is 2.41. The molecule has 0 saturated heterocycles. The van der Waals surface area contributed by atoms with Crippen LogP contribution in [0.1, 0.15) is 43.5 Å². The van der Waals surface area contributed by atoms with Gasteiger partial charge in [0.2, 0.25) is 5.91 Å². The van der Waals surface area contributed by atoms with Gasteiger partial charge in [-0.1, -0.05) is 43.0 Å². The zero-order chi connectivity index (χ0) is 15.4. The molecule has 4 nitrogen and oxygen atoms in total. The highest BCUT2D eigenvalue weighted by Crippen LogP contribution is 2.40. The zero-order valence-corrected chi connectivity index (χ0v) is 13.2. The highest BCUT2D eigenvalue weighted by molar-refractivity contribution is 6.30. The minimum absolute atomic E-state index is 0.0749. The first-order valence-corrected chi connectivity index (χ1v) is 8.11.